The van der Waals surface area contributed by atoms with Crippen molar-refractivity contribution in [1.82, 2.24) is 4.90 Å². The Bertz CT molecular complexity index is 457. The molecule has 2 aliphatic rings. The van der Waals surface area contributed by atoms with Gasteiger partial charge < -0.3 is 19.1 Å². The third kappa shape index (κ3) is 4.41. The second kappa shape index (κ2) is 7.90. The van der Waals surface area contributed by atoms with E-state index in [1.807, 2.05) is 0 Å². The van der Waals surface area contributed by atoms with Crippen LogP contribution in [0.4, 0.5) is 4.39 Å². The molecule has 1 atom stereocenters. The maximum atomic E-state index is 13.6. The molecule has 1 unspecified atom stereocenters. The quantitative estimate of drug-likeness (QED) is 0.836. The summed E-state index contributed by atoms with van der Waals surface area (Å²) in [6.45, 7) is 5.16. The molecule has 4 nitrogen and oxygen atoms in total. The Morgan fingerprint density at radius 1 is 1.18 bits per heavy atom. The van der Waals surface area contributed by atoms with Gasteiger partial charge in [-0.05, 0) is 31.4 Å². The predicted molar refractivity (Wildman–Crippen MR) is 81.7 cm³/mol. The van der Waals surface area contributed by atoms with Crippen LogP contribution in [-0.2, 0) is 9.47 Å². The van der Waals surface area contributed by atoms with Crippen molar-refractivity contribution in [2.24, 2.45) is 0 Å². The number of benzene rings is 1. The van der Waals surface area contributed by atoms with E-state index < -0.39 is 0 Å². The zero-order valence-corrected chi connectivity index (χ0v) is 12.9. The molecule has 3 rings (SSSR count). The van der Waals surface area contributed by atoms with Crippen LogP contribution < -0.4 is 4.74 Å². The van der Waals surface area contributed by atoms with Gasteiger partial charge in [-0.3, -0.25) is 0 Å². The molecule has 1 aromatic carbocycles. The van der Waals surface area contributed by atoms with E-state index in [0.717, 1.165) is 45.5 Å². The molecule has 0 aromatic heterocycles. The highest BCUT2D eigenvalue weighted by atomic mass is 19.1. The first-order chi connectivity index (χ1) is 10.8. The smallest absolute Gasteiger partial charge is 0.165 e. The van der Waals surface area contributed by atoms with E-state index >= 15 is 0 Å². The summed E-state index contributed by atoms with van der Waals surface area (Å²) in [5.74, 6) is 0.0908. The molecule has 122 valence electrons. The Labute approximate surface area is 131 Å². The van der Waals surface area contributed by atoms with Gasteiger partial charge >= 0.3 is 0 Å². The van der Waals surface area contributed by atoms with E-state index in [0.29, 0.717) is 19.0 Å². The van der Waals surface area contributed by atoms with Crippen molar-refractivity contribution >= 4 is 0 Å². The van der Waals surface area contributed by atoms with Gasteiger partial charge in [-0.2, -0.15) is 0 Å². The van der Waals surface area contributed by atoms with Crippen LogP contribution in [0.25, 0.3) is 0 Å². The number of para-hydroxylation sites is 1. The van der Waals surface area contributed by atoms with Crippen molar-refractivity contribution in [2.45, 2.75) is 31.5 Å². The summed E-state index contributed by atoms with van der Waals surface area (Å²) in [5, 5.41) is 0. The zero-order valence-electron chi connectivity index (χ0n) is 12.9. The lowest BCUT2D eigenvalue weighted by Crippen LogP contribution is -2.40. The number of likely N-dealkylation sites (tertiary alicyclic amines) is 1. The van der Waals surface area contributed by atoms with Gasteiger partial charge in [0.15, 0.2) is 11.6 Å². The average Bonchev–Trinajstić information content (AvgIpc) is 2.57. The monoisotopic (exact) mass is 309 g/mol. The standard InChI is InChI=1S/C17H24FNO3/c18-16-3-1-2-4-17(16)22-14-5-8-19(9-6-14)10-7-15-13-20-11-12-21-15/h1-4,14-15H,5-13H2. The molecule has 2 fully saturated rings. The summed E-state index contributed by atoms with van der Waals surface area (Å²) in [6, 6.07) is 6.63. The molecule has 0 N–H and O–H groups in total. The Morgan fingerprint density at radius 3 is 2.73 bits per heavy atom. The SMILES string of the molecule is Fc1ccccc1OC1CCN(CCC2COCCO2)CC1. The van der Waals surface area contributed by atoms with E-state index in [-0.39, 0.29) is 18.0 Å². The van der Waals surface area contributed by atoms with Crippen molar-refractivity contribution in [3.8, 4) is 5.75 Å². The summed E-state index contributed by atoms with van der Waals surface area (Å²) < 4.78 is 30.5. The number of nitrogens with zero attached hydrogens (tertiary/aromatic N) is 1. The molecule has 1 aromatic rings. The normalized spacial score (nSPS) is 24.3. The molecular weight excluding hydrogens is 285 g/mol. The summed E-state index contributed by atoms with van der Waals surface area (Å²) in [5.41, 5.74) is 0. The minimum absolute atomic E-state index is 0.113. The minimum atomic E-state index is -0.278. The molecule has 0 saturated carbocycles. The van der Waals surface area contributed by atoms with Crippen LogP contribution >= 0.6 is 0 Å². The fourth-order valence-electron chi connectivity index (χ4n) is 3.00. The number of halogens is 1. The molecule has 5 heteroatoms. The third-order valence-electron chi connectivity index (χ3n) is 4.32. The Morgan fingerprint density at radius 2 is 2.00 bits per heavy atom. The lowest BCUT2D eigenvalue weighted by atomic mass is 10.1. The number of hydrogen-bond donors (Lipinski definition) is 0. The van der Waals surface area contributed by atoms with Crippen LogP contribution in [0.3, 0.4) is 0 Å². The van der Waals surface area contributed by atoms with E-state index in [2.05, 4.69) is 4.90 Å². The molecule has 22 heavy (non-hydrogen) atoms. The third-order valence-corrected chi connectivity index (χ3v) is 4.32. The van der Waals surface area contributed by atoms with E-state index in [4.69, 9.17) is 14.2 Å². The highest BCUT2D eigenvalue weighted by Gasteiger charge is 2.22. The molecule has 0 radical (unpaired) electrons. The fourth-order valence-corrected chi connectivity index (χ4v) is 3.00. The van der Waals surface area contributed by atoms with Crippen LogP contribution in [0.15, 0.2) is 24.3 Å². The first-order valence-electron chi connectivity index (χ1n) is 8.14. The molecule has 0 aliphatic carbocycles. The number of piperidine rings is 1. The second-order valence-electron chi connectivity index (χ2n) is 5.95. The van der Waals surface area contributed by atoms with Gasteiger partial charge in [0.05, 0.1) is 25.9 Å². The van der Waals surface area contributed by atoms with Crippen LogP contribution in [0.1, 0.15) is 19.3 Å². The van der Waals surface area contributed by atoms with E-state index in [1.165, 1.54) is 6.07 Å². The van der Waals surface area contributed by atoms with Crippen molar-refractivity contribution in [1.29, 1.82) is 0 Å². The van der Waals surface area contributed by atoms with Crippen LogP contribution in [0.5, 0.6) is 5.75 Å². The molecule has 0 amide bonds. The van der Waals surface area contributed by atoms with Crippen molar-refractivity contribution in [3.63, 3.8) is 0 Å². The van der Waals surface area contributed by atoms with Crippen molar-refractivity contribution < 1.29 is 18.6 Å². The second-order valence-corrected chi connectivity index (χ2v) is 5.95. The first-order valence-corrected chi connectivity index (χ1v) is 8.14. The summed E-state index contributed by atoms with van der Waals surface area (Å²) in [6.07, 6.45) is 3.24. The van der Waals surface area contributed by atoms with Gasteiger partial charge in [-0.15, -0.1) is 0 Å². The topological polar surface area (TPSA) is 30.9 Å². The zero-order chi connectivity index (χ0) is 15.2. The van der Waals surface area contributed by atoms with Crippen LogP contribution in [-0.4, -0.2) is 56.6 Å². The molecule has 2 heterocycles. The number of ether oxygens (including phenoxy) is 3. The lowest BCUT2D eigenvalue weighted by molar-refractivity contribution is -0.0933. The summed E-state index contributed by atoms with van der Waals surface area (Å²) >= 11 is 0. The Hall–Kier alpha value is -1.17. The molecule has 0 spiro atoms. The van der Waals surface area contributed by atoms with Crippen LogP contribution in [0.2, 0.25) is 0 Å². The lowest BCUT2D eigenvalue weighted by Gasteiger charge is -2.33. The minimum Gasteiger partial charge on any atom is -0.487 e. The van der Waals surface area contributed by atoms with E-state index in [1.54, 1.807) is 18.2 Å². The summed E-state index contributed by atoms with van der Waals surface area (Å²) in [7, 11) is 0. The highest BCUT2D eigenvalue weighted by molar-refractivity contribution is 5.23. The largest absolute Gasteiger partial charge is 0.487 e. The predicted octanol–water partition coefficient (Wildman–Crippen LogP) is 2.47. The van der Waals surface area contributed by atoms with Gasteiger partial charge in [0.2, 0.25) is 0 Å². The number of rotatable bonds is 5. The van der Waals surface area contributed by atoms with Gasteiger partial charge in [0, 0.05) is 19.6 Å². The maximum absolute atomic E-state index is 13.6. The van der Waals surface area contributed by atoms with E-state index in [9.17, 15) is 4.39 Å². The van der Waals surface area contributed by atoms with Gasteiger partial charge in [-0.1, -0.05) is 12.1 Å². The first kappa shape index (κ1) is 15.7. The molecule has 2 aliphatic heterocycles. The van der Waals surface area contributed by atoms with Gasteiger partial charge in [-0.25, -0.2) is 4.39 Å². The molecule has 0 bridgehead atoms. The number of hydrogen-bond acceptors (Lipinski definition) is 4. The summed E-state index contributed by atoms with van der Waals surface area (Å²) in [4.78, 5) is 2.43. The van der Waals surface area contributed by atoms with Gasteiger partial charge in [0.1, 0.15) is 6.10 Å². The fraction of sp³-hybridized carbons (Fsp3) is 0.647. The van der Waals surface area contributed by atoms with Crippen LogP contribution in [0, 0.1) is 5.82 Å². The highest BCUT2D eigenvalue weighted by Crippen LogP contribution is 2.22. The Balaban J connectivity index is 1.38. The average molecular weight is 309 g/mol. The Kier molecular flexibility index (Phi) is 5.64. The van der Waals surface area contributed by atoms with Crippen molar-refractivity contribution in [2.75, 3.05) is 39.5 Å². The van der Waals surface area contributed by atoms with Crippen molar-refractivity contribution in [3.05, 3.63) is 30.1 Å². The maximum Gasteiger partial charge on any atom is 0.165 e. The molecule has 2 saturated heterocycles. The molecular formula is C17H24FNO3. The van der Waals surface area contributed by atoms with Gasteiger partial charge in [0.25, 0.3) is 0 Å².